The number of nitrogens with one attached hydrogen (secondary N) is 1. The number of Topliss-reactive ketones (excluding diaryl/α,β-unsaturated/α-hetero) is 1. The standard InChI is InChI=1S/C14H18N2O8/c1-7(18)15-11(14(22)13(21)10(19)6-17)12(20)8-2-4-9(5-3-8)16(23)24/h2-5,10-11,13-14,17,19,21-22H,6H2,1H3,(H,15,18)/t10-,11+,13+,14-/m1/s1. The van der Waals surface area contributed by atoms with Gasteiger partial charge in [0.15, 0.2) is 5.78 Å². The molecule has 10 heteroatoms. The number of aliphatic hydroxyl groups is 4. The lowest BCUT2D eigenvalue weighted by molar-refractivity contribution is -0.384. The lowest BCUT2D eigenvalue weighted by atomic mass is 9.94. The van der Waals surface area contributed by atoms with E-state index in [1.807, 2.05) is 0 Å². The van der Waals surface area contributed by atoms with E-state index < -0.39 is 47.6 Å². The summed E-state index contributed by atoms with van der Waals surface area (Å²) >= 11 is 0. The highest BCUT2D eigenvalue weighted by Crippen LogP contribution is 2.16. The minimum Gasteiger partial charge on any atom is -0.394 e. The van der Waals surface area contributed by atoms with Crippen LogP contribution in [0.3, 0.4) is 0 Å². The molecule has 0 spiro atoms. The first-order valence-electron chi connectivity index (χ1n) is 6.89. The van der Waals surface area contributed by atoms with Gasteiger partial charge in [0.1, 0.15) is 24.4 Å². The monoisotopic (exact) mass is 342 g/mol. The van der Waals surface area contributed by atoms with Crippen LogP contribution in [0, 0.1) is 10.1 Å². The van der Waals surface area contributed by atoms with E-state index in [0.717, 1.165) is 31.2 Å². The Kier molecular flexibility index (Phi) is 6.92. The average Bonchev–Trinajstić information content (AvgIpc) is 2.56. The van der Waals surface area contributed by atoms with E-state index in [1.165, 1.54) is 0 Å². The molecule has 0 saturated carbocycles. The van der Waals surface area contributed by atoms with Gasteiger partial charge in [0.25, 0.3) is 5.69 Å². The zero-order valence-corrected chi connectivity index (χ0v) is 12.7. The van der Waals surface area contributed by atoms with Crippen LogP contribution >= 0.6 is 0 Å². The van der Waals surface area contributed by atoms with Crippen molar-refractivity contribution in [1.29, 1.82) is 0 Å². The number of nitro benzene ring substituents is 1. The highest BCUT2D eigenvalue weighted by molar-refractivity contribution is 6.02. The van der Waals surface area contributed by atoms with E-state index in [2.05, 4.69) is 5.32 Å². The molecule has 0 unspecified atom stereocenters. The number of nitro groups is 1. The average molecular weight is 342 g/mol. The Labute approximate surface area is 136 Å². The van der Waals surface area contributed by atoms with Crippen molar-refractivity contribution in [3.8, 4) is 0 Å². The second-order valence-corrected chi connectivity index (χ2v) is 5.08. The molecule has 0 fully saturated rings. The van der Waals surface area contributed by atoms with Gasteiger partial charge in [-0.1, -0.05) is 0 Å². The van der Waals surface area contributed by atoms with Crippen LogP contribution < -0.4 is 5.32 Å². The minimum atomic E-state index is -1.90. The lowest BCUT2D eigenvalue weighted by Gasteiger charge is -2.28. The van der Waals surface area contributed by atoms with E-state index >= 15 is 0 Å². The number of amides is 1. The van der Waals surface area contributed by atoms with Crippen LogP contribution in [0.5, 0.6) is 0 Å². The van der Waals surface area contributed by atoms with Crippen LogP contribution in [0.15, 0.2) is 24.3 Å². The summed E-state index contributed by atoms with van der Waals surface area (Å²) in [5, 5.41) is 50.7. The Bertz CT molecular complexity index is 603. The summed E-state index contributed by atoms with van der Waals surface area (Å²) in [7, 11) is 0. The fourth-order valence-corrected chi connectivity index (χ4v) is 1.98. The largest absolute Gasteiger partial charge is 0.394 e. The molecular weight excluding hydrogens is 324 g/mol. The fourth-order valence-electron chi connectivity index (χ4n) is 1.98. The third-order valence-corrected chi connectivity index (χ3v) is 3.28. The van der Waals surface area contributed by atoms with Crippen molar-refractivity contribution >= 4 is 17.4 Å². The van der Waals surface area contributed by atoms with Crippen molar-refractivity contribution < 1.29 is 34.9 Å². The van der Waals surface area contributed by atoms with Crippen molar-refractivity contribution in [2.24, 2.45) is 0 Å². The summed E-state index contributed by atoms with van der Waals surface area (Å²) in [4.78, 5) is 33.6. The molecule has 1 rings (SSSR count). The molecule has 0 aromatic heterocycles. The van der Waals surface area contributed by atoms with E-state index in [1.54, 1.807) is 0 Å². The van der Waals surface area contributed by atoms with Crippen LogP contribution in [-0.4, -0.2) is 68.0 Å². The van der Waals surface area contributed by atoms with Gasteiger partial charge in [-0.15, -0.1) is 0 Å². The maximum atomic E-state index is 12.4. The molecule has 0 radical (unpaired) electrons. The van der Waals surface area contributed by atoms with Crippen LogP contribution in [-0.2, 0) is 4.79 Å². The predicted molar refractivity (Wildman–Crippen MR) is 80.1 cm³/mol. The van der Waals surface area contributed by atoms with E-state index in [9.17, 15) is 35.0 Å². The third-order valence-electron chi connectivity index (χ3n) is 3.28. The Morgan fingerprint density at radius 2 is 1.71 bits per heavy atom. The highest BCUT2D eigenvalue weighted by atomic mass is 16.6. The van der Waals surface area contributed by atoms with Gasteiger partial charge < -0.3 is 25.7 Å². The number of benzene rings is 1. The zero-order chi connectivity index (χ0) is 18.4. The van der Waals surface area contributed by atoms with Gasteiger partial charge in [0.05, 0.1) is 11.5 Å². The molecule has 1 aromatic rings. The van der Waals surface area contributed by atoms with Crippen LogP contribution in [0.25, 0.3) is 0 Å². The summed E-state index contributed by atoms with van der Waals surface area (Å²) in [5.74, 6) is -1.50. The molecule has 24 heavy (non-hydrogen) atoms. The predicted octanol–water partition coefficient (Wildman–Crippen LogP) is -1.64. The van der Waals surface area contributed by atoms with E-state index in [-0.39, 0.29) is 11.3 Å². The van der Waals surface area contributed by atoms with Crippen LogP contribution in [0.2, 0.25) is 0 Å². The summed E-state index contributed by atoms with van der Waals surface area (Å²) in [5.41, 5.74) is -0.303. The SMILES string of the molecule is CC(=O)N[C@@H](C(=O)c1ccc([N+](=O)[O-])cc1)[C@@H](O)[C@@H](O)[C@H](O)CO. The normalized spacial score (nSPS) is 15.9. The van der Waals surface area contributed by atoms with Gasteiger partial charge in [-0.2, -0.15) is 0 Å². The number of aliphatic hydroxyl groups excluding tert-OH is 4. The molecular formula is C14H18N2O8. The molecule has 0 aliphatic carbocycles. The molecule has 1 aromatic carbocycles. The fraction of sp³-hybridized carbons (Fsp3) is 0.429. The van der Waals surface area contributed by atoms with Crippen molar-refractivity contribution in [2.45, 2.75) is 31.3 Å². The smallest absolute Gasteiger partial charge is 0.269 e. The number of nitrogens with zero attached hydrogens (tertiary/aromatic N) is 1. The van der Waals surface area contributed by atoms with E-state index in [0.29, 0.717) is 0 Å². The number of carbonyl (C=O) groups is 2. The maximum absolute atomic E-state index is 12.4. The Morgan fingerprint density at radius 3 is 2.12 bits per heavy atom. The Hall–Kier alpha value is -2.40. The molecule has 1 amide bonds. The van der Waals surface area contributed by atoms with Gasteiger partial charge in [-0.25, -0.2) is 0 Å². The third kappa shape index (κ3) is 4.80. The van der Waals surface area contributed by atoms with Crippen LogP contribution in [0.4, 0.5) is 5.69 Å². The molecule has 5 N–H and O–H groups in total. The molecule has 0 heterocycles. The Morgan fingerprint density at radius 1 is 1.17 bits per heavy atom. The molecule has 4 atom stereocenters. The number of ketones is 1. The molecule has 10 nitrogen and oxygen atoms in total. The van der Waals surface area contributed by atoms with Crippen molar-refractivity contribution in [1.82, 2.24) is 5.32 Å². The minimum absolute atomic E-state index is 0.0518. The van der Waals surface area contributed by atoms with Crippen LogP contribution in [0.1, 0.15) is 17.3 Å². The second kappa shape index (κ2) is 8.45. The van der Waals surface area contributed by atoms with Gasteiger partial charge in [0, 0.05) is 24.6 Å². The second-order valence-electron chi connectivity index (χ2n) is 5.08. The van der Waals surface area contributed by atoms with Crippen molar-refractivity contribution in [3.05, 3.63) is 39.9 Å². The number of rotatable bonds is 8. The van der Waals surface area contributed by atoms with Crippen molar-refractivity contribution in [2.75, 3.05) is 6.61 Å². The van der Waals surface area contributed by atoms with Gasteiger partial charge in [-0.05, 0) is 12.1 Å². The van der Waals surface area contributed by atoms with Crippen molar-refractivity contribution in [3.63, 3.8) is 0 Å². The number of carbonyl (C=O) groups excluding carboxylic acids is 2. The summed E-state index contributed by atoms with van der Waals surface area (Å²) < 4.78 is 0. The lowest BCUT2D eigenvalue weighted by Crippen LogP contribution is -2.55. The topological polar surface area (TPSA) is 170 Å². The first-order chi connectivity index (χ1) is 11.2. The number of non-ortho nitro benzene ring substituents is 1. The highest BCUT2D eigenvalue weighted by Gasteiger charge is 2.36. The number of hydrogen-bond acceptors (Lipinski definition) is 8. The van der Waals surface area contributed by atoms with E-state index in [4.69, 9.17) is 5.11 Å². The zero-order valence-electron chi connectivity index (χ0n) is 12.7. The molecule has 0 bridgehead atoms. The quantitative estimate of drug-likeness (QED) is 0.213. The summed E-state index contributed by atoms with van der Waals surface area (Å²) in [6.45, 7) is 0.217. The Balaban J connectivity index is 3.08. The summed E-state index contributed by atoms with van der Waals surface area (Å²) in [6, 6.07) is 2.81. The maximum Gasteiger partial charge on any atom is 0.269 e. The molecule has 0 aliphatic heterocycles. The molecule has 132 valence electrons. The first kappa shape index (κ1) is 19.6. The van der Waals surface area contributed by atoms with Gasteiger partial charge >= 0.3 is 0 Å². The summed E-state index contributed by atoms with van der Waals surface area (Å²) in [6.07, 6.45) is -5.52. The molecule has 0 saturated heterocycles. The molecule has 0 aliphatic rings. The van der Waals surface area contributed by atoms with Gasteiger partial charge in [-0.3, -0.25) is 19.7 Å². The first-order valence-corrected chi connectivity index (χ1v) is 6.89. The van der Waals surface area contributed by atoms with Gasteiger partial charge in [0.2, 0.25) is 5.91 Å². The number of hydrogen-bond donors (Lipinski definition) is 5.